The number of aliphatic carboxylic acids is 1. The molecule has 0 fully saturated rings. The fourth-order valence-corrected chi connectivity index (χ4v) is 0.830. The standard InChI is InChI=1S/C9H13N3O3/c1-11-6-7(5-10)9(15)12-4-2-3-8(13)14/h6,11H,2-4H2,1H3,(H,12,15)(H,13,14)/b7-6-. The number of nitrogens with zero attached hydrogens (tertiary/aromatic N) is 1. The summed E-state index contributed by atoms with van der Waals surface area (Å²) in [5.74, 6) is -1.41. The molecule has 0 aromatic rings. The number of carbonyl (C=O) groups is 2. The molecule has 0 aromatic heterocycles. The Morgan fingerprint density at radius 2 is 2.20 bits per heavy atom. The van der Waals surface area contributed by atoms with E-state index in [-0.39, 0.29) is 18.5 Å². The molecule has 0 saturated carbocycles. The molecular weight excluding hydrogens is 198 g/mol. The maximum atomic E-state index is 11.2. The van der Waals surface area contributed by atoms with Gasteiger partial charge in [0.05, 0.1) is 0 Å². The van der Waals surface area contributed by atoms with Crippen molar-refractivity contribution in [2.24, 2.45) is 0 Å². The zero-order valence-electron chi connectivity index (χ0n) is 8.41. The van der Waals surface area contributed by atoms with Crippen molar-refractivity contribution in [1.29, 1.82) is 5.26 Å². The van der Waals surface area contributed by atoms with Crippen LogP contribution in [0.3, 0.4) is 0 Å². The Labute approximate surface area is 87.6 Å². The molecule has 0 rings (SSSR count). The maximum Gasteiger partial charge on any atom is 0.303 e. The Hall–Kier alpha value is -2.03. The molecular formula is C9H13N3O3. The second kappa shape index (κ2) is 7.38. The van der Waals surface area contributed by atoms with Crippen LogP contribution in [0.5, 0.6) is 0 Å². The molecule has 0 aliphatic rings. The van der Waals surface area contributed by atoms with Gasteiger partial charge < -0.3 is 15.7 Å². The lowest BCUT2D eigenvalue weighted by molar-refractivity contribution is -0.137. The normalized spacial score (nSPS) is 10.3. The quantitative estimate of drug-likeness (QED) is 0.315. The van der Waals surface area contributed by atoms with Crippen LogP contribution in [0, 0.1) is 11.3 Å². The van der Waals surface area contributed by atoms with E-state index in [9.17, 15) is 9.59 Å². The Bertz CT molecular complexity index is 304. The number of carboxylic acids is 1. The van der Waals surface area contributed by atoms with Crippen molar-refractivity contribution in [2.75, 3.05) is 13.6 Å². The zero-order chi connectivity index (χ0) is 11.7. The number of amides is 1. The Morgan fingerprint density at radius 3 is 2.67 bits per heavy atom. The molecule has 0 atom stereocenters. The van der Waals surface area contributed by atoms with Crippen molar-refractivity contribution in [3.63, 3.8) is 0 Å². The third-order valence-corrected chi connectivity index (χ3v) is 1.51. The molecule has 82 valence electrons. The SMILES string of the molecule is CN/C=C(/C#N)C(=O)NCCCC(=O)O. The molecule has 15 heavy (non-hydrogen) atoms. The van der Waals surface area contributed by atoms with Gasteiger partial charge in [-0.25, -0.2) is 0 Å². The van der Waals surface area contributed by atoms with Crippen LogP contribution in [0.1, 0.15) is 12.8 Å². The van der Waals surface area contributed by atoms with Crippen LogP contribution in [0.15, 0.2) is 11.8 Å². The van der Waals surface area contributed by atoms with Gasteiger partial charge in [-0.2, -0.15) is 5.26 Å². The number of rotatable bonds is 6. The van der Waals surface area contributed by atoms with Gasteiger partial charge in [0.1, 0.15) is 11.6 Å². The van der Waals surface area contributed by atoms with Gasteiger partial charge in [-0.1, -0.05) is 0 Å². The first-order chi connectivity index (χ1) is 7.11. The molecule has 0 radical (unpaired) electrons. The highest BCUT2D eigenvalue weighted by molar-refractivity contribution is 5.97. The summed E-state index contributed by atoms with van der Waals surface area (Å²) in [6.45, 7) is 0.244. The molecule has 6 heteroatoms. The van der Waals surface area contributed by atoms with Crippen molar-refractivity contribution in [1.82, 2.24) is 10.6 Å². The highest BCUT2D eigenvalue weighted by atomic mass is 16.4. The molecule has 0 unspecified atom stereocenters. The average molecular weight is 211 g/mol. The van der Waals surface area contributed by atoms with E-state index in [0.717, 1.165) is 0 Å². The highest BCUT2D eigenvalue weighted by Crippen LogP contribution is 1.91. The van der Waals surface area contributed by atoms with Crippen LogP contribution in [0.2, 0.25) is 0 Å². The van der Waals surface area contributed by atoms with E-state index < -0.39 is 11.9 Å². The third-order valence-electron chi connectivity index (χ3n) is 1.51. The summed E-state index contributed by atoms with van der Waals surface area (Å²) in [5, 5.41) is 21.9. The topological polar surface area (TPSA) is 102 Å². The summed E-state index contributed by atoms with van der Waals surface area (Å²) in [5.41, 5.74) is -0.0344. The fraction of sp³-hybridized carbons (Fsp3) is 0.444. The number of hydrogen-bond donors (Lipinski definition) is 3. The first kappa shape index (κ1) is 13.0. The van der Waals surface area contributed by atoms with E-state index in [0.29, 0.717) is 6.42 Å². The number of nitrogens with one attached hydrogen (secondary N) is 2. The van der Waals surface area contributed by atoms with E-state index in [4.69, 9.17) is 10.4 Å². The Morgan fingerprint density at radius 1 is 1.53 bits per heavy atom. The van der Waals surface area contributed by atoms with Crippen molar-refractivity contribution in [2.45, 2.75) is 12.8 Å². The molecule has 6 nitrogen and oxygen atoms in total. The molecule has 0 spiro atoms. The van der Waals surface area contributed by atoms with Gasteiger partial charge in [-0.3, -0.25) is 9.59 Å². The van der Waals surface area contributed by atoms with E-state index in [1.807, 2.05) is 0 Å². The number of carbonyl (C=O) groups excluding carboxylic acids is 1. The third kappa shape index (κ3) is 6.10. The smallest absolute Gasteiger partial charge is 0.303 e. The summed E-state index contributed by atoms with van der Waals surface area (Å²) in [6, 6.07) is 1.72. The number of nitriles is 1. The van der Waals surface area contributed by atoms with Gasteiger partial charge in [-0.05, 0) is 6.42 Å². The largest absolute Gasteiger partial charge is 0.481 e. The molecule has 0 aliphatic carbocycles. The summed E-state index contributed by atoms with van der Waals surface area (Å²) in [7, 11) is 1.58. The van der Waals surface area contributed by atoms with Crippen LogP contribution in [-0.2, 0) is 9.59 Å². The molecule has 3 N–H and O–H groups in total. The van der Waals surface area contributed by atoms with Gasteiger partial charge >= 0.3 is 5.97 Å². The van der Waals surface area contributed by atoms with Crippen LogP contribution < -0.4 is 10.6 Å². The maximum absolute atomic E-state index is 11.2. The lowest BCUT2D eigenvalue weighted by Gasteiger charge is -2.02. The molecule has 0 bridgehead atoms. The fourth-order valence-electron chi connectivity index (χ4n) is 0.830. The Balaban J connectivity index is 3.89. The second-order valence-electron chi connectivity index (χ2n) is 2.71. The lowest BCUT2D eigenvalue weighted by Crippen LogP contribution is -2.26. The van der Waals surface area contributed by atoms with Gasteiger partial charge in [0, 0.05) is 26.2 Å². The minimum atomic E-state index is -0.907. The van der Waals surface area contributed by atoms with Crippen LogP contribution in [0.4, 0.5) is 0 Å². The van der Waals surface area contributed by atoms with Gasteiger partial charge in [-0.15, -0.1) is 0 Å². The van der Waals surface area contributed by atoms with E-state index >= 15 is 0 Å². The minimum Gasteiger partial charge on any atom is -0.481 e. The Kier molecular flexibility index (Phi) is 6.38. The molecule has 0 heterocycles. The van der Waals surface area contributed by atoms with Crippen molar-refractivity contribution in [3.8, 4) is 6.07 Å². The van der Waals surface area contributed by atoms with Crippen LogP contribution in [0.25, 0.3) is 0 Å². The second-order valence-corrected chi connectivity index (χ2v) is 2.71. The summed E-state index contributed by atoms with van der Waals surface area (Å²) >= 11 is 0. The molecule has 0 aromatic carbocycles. The van der Waals surface area contributed by atoms with Crippen molar-refractivity contribution < 1.29 is 14.7 Å². The first-order valence-corrected chi connectivity index (χ1v) is 4.39. The lowest BCUT2D eigenvalue weighted by atomic mass is 10.2. The molecule has 1 amide bonds. The van der Waals surface area contributed by atoms with Crippen molar-refractivity contribution >= 4 is 11.9 Å². The van der Waals surface area contributed by atoms with Crippen molar-refractivity contribution in [3.05, 3.63) is 11.8 Å². The summed E-state index contributed by atoms with van der Waals surface area (Å²) in [6.07, 6.45) is 1.63. The summed E-state index contributed by atoms with van der Waals surface area (Å²) in [4.78, 5) is 21.4. The average Bonchev–Trinajstić information content (AvgIpc) is 2.20. The van der Waals surface area contributed by atoms with Crippen LogP contribution >= 0.6 is 0 Å². The zero-order valence-corrected chi connectivity index (χ0v) is 8.41. The first-order valence-electron chi connectivity index (χ1n) is 4.39. The van der Waals surface area contributed by atoms with Gasteiger partial charge in [0.25, 0.3) is 5.91 Å². The predicted molar refractivity (Wildman–Crippen MR) is 52.6 cm³/mol. The predicted octanol–water partition coefficient (Wildman–Crippen LogP) is -0.406. The molecule has 0 aliphatic heterocycles. The number of hydrogen-bond acceptors (Lipinski definition) is 4. The van der Waals surface area contributed by atoms with Gasteiger partial charge in [0.15, 0.2) is 0 Å². The number of carboxylic acid groups (broad SMARTS) is 1. The summed E-state index contributed by atoms with van der Waals surface area (Å²) < 4.78 is 0. The monoisotopic (exact) mass is 211 g/mol. The van der Waals surface area contributed by atoms with E-state index in [1.54, 1.807) is 13.1 Å². The minimum absolute atomic E-state index is 0.00207. The van der Waals surface area contributed by atoms with E-state index in [2.05, 4.69) is 10.6 Å². The molecule has 0 saturated heterocycles. The van der Waals surface area contributed by atoms with E-state index in [1.165, 1.54) is 6.20 Å². The highest BCUT2D eigenvalue weighted by Gasteiger charge is 2.07. The van der Waals surface area contributed by atoms with Gasteiger partial charge in [0.2, 0.25) is 0 Å². The van der Waals surface area contributed by atoms with Crippen LogP contribution in [-0.4, -0.2) is 30.6 Å².